The van der Waals surface area contributed by atoms with Crippen molar-refractivity contribution in [3.05, 3.63) is 29.1 Å². The van der Waals surface area contributed by atoms with E-state index in [0.717, 1.165) is 0 Å². The van der Waals surface area contributed by atoms with Gasteiger partial charge in [-0.3, -0.25) is 0 Å². The Morgan fingerprint density at radius 1 is 0.750 bits per heavy atom. The van der Waals surface area contributed by atoms with E-state index in [9.17, 15) is 22.0 Å². The van der Waals surface area contributed by atoms with E-state index in [1.54, 1.807) is 0 Å². The maximum atomic E-state index is 12.3. The predicted molar refractivity (Wildman–Crippen MR) is 59.8 cm³/mol. The average molecular weight is 299 g/mol. The molecule has 4 nitrogen and oxygen atoms in total. The molecule has 0 bridgehead atoms. The van der Waals surface area contributed by atoms with Gasteiger partial charge >= 0.3 is 0 Å². The van der Waals surface area contributed by atoms with Crippen molar-refractivity contribution in [1.29, 1.82) is 0 Å². The van der Waals surface area contributed by atoms with E-state index in [0.29, 0.717) is 0 Å². The lowest BCUT2D eigenvalue weighted by molar-refractivity contribution is 0.0698. The van der Waals surface area contributed by atoms with Gasteiger partial charge in [0, 0.05) is 0 Å². The molecule has 0 aliphatic rings. The second kappa shape index (κ2) is 7.53. The smallest absolute Gasteiger partial charge is 0.200 e. The lowest BCUT2D eigenvalue weighted by atomic mass is 9.94. The van der Waals surface area contributed by atoms with Crippen LogP contribution in [0.5, 0.6) is 0 Å². The van der Waals surface area contributed by atoms with Crippen LogP contribution in [-0.2, 0) is 0 Å². The monoisotopic (exact) mass is 299 g/mol. The van der Waals surface area contributed by atoms with Gasteiger partial charge in [0.25, 0.3) is 0 Å². The van der Waals surface area contributed by atoms with Crippen LogP contribution in [0.2, 0.25) is 0 Å². The molecule has 0 unspecified atom stereocenters. The van der Waals surface area contributed by atoms with E-state index >= 15 is 0 Å². The van der Waals surface area contributed by atoms with Crippen LogP contribution in [0.1, 0.15) is 0 Å². The molecule has 0 aromatic heterocycles. The van der Waals surface area contributed by atoms with Gasteiger partial charge in [0.1, 0.15) is 7.85 Å². The molecule has 0 aliphatic carbocycles. The second-order valence-corrected chi connectivity index (χ2v) is 3.82. The average Bonchev–Trinajstić information content (AvgIpc) is 2.48. The van der Waals surface area contributed by atoms with Gasteiger partial charge in [0.15, 0.2) is 29.1 Å². The molecule has 2 radical (unpaired) electrons. The largest absolute Gasteiger partial charge is 0.394 e. The molecule has 0 saturated heterocycles. The normalized spacial score (nSPS) is 11.1. The molecule has 0 aliphatic heterocycles. The van der Waals surface area contributed by atoms with Gasteiger partial charge < -0.3 is 21.1 Å². The Morgan fingerprint density at radius 2 is 1.00 bits per heavy atom. The highest BCUT2D eigenvalue weighted by Gasteiger charge is 2.22. The van der Waals surface area contributed by atoms with Crippen LogP contribution in [0, 0.1) is 29.1 Å². The van der Waals surface area contributed by atoms with Crippen molar-refractivity contribution < 1.29 is 37.3 Å². The molecule has 112 valence electrons. The van der Waals surface area contributed by atoms with Gasteiger partial charge in [0.2, 0.25) is 0 Å². The van der Waals surface area contributed by atoms with E-state index in [2.05, 4.69) is 7.85 Å². The van der Waals surface area contributed by atoms with Crippen LogP contribution < -0.4 is 11.2 Å². The van der Waals surface area contributed by atoms with Crippen molar-refractivity contribution >= 4 is 13.3 Å². The molecule has 0 atom stereocenters. The summed E-state index contributed by atoms with van der Waals surface area (Å²) in [4.78, 5) is 0. The molecule has 1 aromatic rings. The summed E-state index contributed by atoms with van der Waals surface area (Å²) in [5.74, 6) is -10.3. The highest BCUT2D eigenvalue weighted by Crippen LogP contribution is 2.14. The first-order valence-corrected chi connectivity index (χ1v) is 5.03. The van der Waals surface area contributed by atoms with Crippen molar-refractivity contribution in [2.75, 3.05) is 19.8 Å². The van der Waals surface area contributed by atoms with Crippen molar-refractivity contribution in [1.82, 2.24) is 0 Å². The molecule has 0 fully saturated rings. The van der Waals surface area contributed by atoms with Crippen LogP contribution in [0.15, 0.2) is 0 Å². The van der Waals surface area contributed by atoms with Crippen LogP contribution >= 0.6 is 0 Å². The van der Waals surface area contributed by atoms with Gasteiger partial charge in [-0.05, 0) is 5.46 Å². The SMILES string of the molecule is NC(CO)(CO)CO.[B]c1c(F)c(F)c(F)c(F)c1F. The molecular weight excluding hydrogens is 288 g/mol. The van der Waals surface area contributed by atoms with Crippen molar-refractivity contribution in [3.8, 4) is 0 Å². The Bertz CT molecular complexity index is 357. The highest BCUT2D eigenvalue weighted by molar-refractivity contribution is 6.32. The minimum absolute atomic E-state index is 0.403. The van der Waals surface area contributed by atoms with Gasteiger partial charge in [-0.1, -0.05) is 0 Å². The molecule has 1 rings (SSSR count). The van der Waals surface area contributed by atoms with Crippen molar-refractivity contribution in [2.24, 2.45) is 5.73 Å². The summed E-state index contributed by atoms with van der Waals surface area (Å²) in [5, 5.41) is 25.0. The van der Waals surface area contributed by atoms with E-state index in [4.69, 9.17) is 21.1 Å². The number of halogens is 5. The molecule has 0 spiro atoms. The first-order chi connectivity index (χ1) is 9.15. The third kappa shape index (κ3) is 4.13. The molecule has 1 aromatic carbocycles. The summed E-state index contributed by atoms with van der Waals surface area (Å²) in [7, 11) is 4.56. The van der Waals surface area contributed by atoms with Crippen molar-refractivity contribution in [3.63, 3.8) is 0 Å². The zero-order valence-corrected chi connectivity index (χ0v) is 10.0. The summed E-state index contributed by atoms with van der Waals surface area (Å²) in [6, 6.07) is 0. The molecule has 20 heavy (non-hydrogen) atoms. The third-order valence-corrected chi connectivity index (χ3v) is 2.19. The Labute approximate surface area is 112 Å². The van der Waals surface area contributed by atoms with Gasteiger partial charge in [-0.15, -0.1) is 0 Å². The number of benzene rings is 1. The summed E-state index contributed by atoms with van der Waals surface area (Å²) < 4.78 is 61.1. The molecule has 0 heterocycles. The number of aliphatic hydroxyl groups is 3. The minimum atomic E-state index is -2.21. The molecule has 10 heteroatoms. The van der Waals surface area contributed by atoms with Gasteiger partial charge in [0.05, 0.1) is 25.4 Å². The number of aliphatic hydroxyl groups excluding tert-OH is 3. The summed E-state index contributed by atoms with van der Waals surface area (Å²) in [6.07, 6.45) is 0. The maximum Gasteiger partial charge on any atom is 0.200 e. The van der Waals surface area contributed by atoms with E-state index in [1.807, 2.05) is 0 Å². The van der Waals surface area contributed by atoms with Crippen LogP contribution in [0.25, 0.3) is 0 Å². The molecule has 0 amide bonds. The highest BCUT2D eigenvalue weighted by atomic mass is 19.2. The predicted octanol–water partition coefficient (Wildman–Crippen LogP) is -1.16. The summed E-state index contributed by atoms with van der Waals surface area (Å²) in [5.41, 5.74) is 2.57. The molecular formula is C10H11BF5NO3. The lowest BCUT2D eigenvalue weighted by Gasteiger charge is -2.20. The first kappa shape index (κ1) is 18.8. The van der Waals surface area contributed by atoms with E-state index in [1.165, 1.54) is 0 Å². The fourth-order valence-corrected chi connectivity index (χ4v) is 0.772. The van der Waals surface area contributed by atoms with Crippen LogP contribution in [0.4, 0.5) is 22.0 Å². The maximum absolute atomic E-state index is 12.3. The molecule has 5 N–H and O–H groups in total. The number of hydrogen-bond donors (Lipinski definition) is 4. The topological polar surface area (TPSA) is 86.7 Å². The van der Waals surface area contributed by atoms with Crippen LogP contribution in [-0.4, -0.2) is 48.5 Å². The summed E-state index contributed by atoms with van der Waals surface area (Å²) in [6.45, 7) is -1.21. The minimum Gasteiger partial charge on any atom is -0.394 e. The zero-order chi connectivity index (χ0) is 16.1. The first-order valence-electron chi connectivity index (χ1n) is 5.03. The fourth-order valence-electron chi connectivity index (χ4n) is 0.772. The van der Waals surface area contributed by atoms with Gasteiger partial charge in [-0.2, -0.15) is 0 Å². The number of hydrogen-bond acceptors (Lipinski definition) is 4. The Hall–Kier alpha value is -1.23. The van der Waals surface area contributed by atoms with Crippen LogP contribution in [0.3, 0.4) is 0 Å². The van der Waals surface area contributed by atoms with E-state index in [-0.39, 0.29) is 0 Å². The second-order valence-electron chi connectivity index (χ2n) is 3.82. The number of nitrogens with two attached hydrogens (primary N) is 1. The van der Waals surface area contributed by atoms with Crippen molar-refractivity contribution in [2.45, 2.75) is 5.54 Å². The molecule has 0 saturated carbocycles. The fraction of sp³-hybridized carbons (Fsp3) is 0.400. The zero-order valence-electron chi connectivity index (χ0n) is 10.0. The standard InChI is InChI=1S/C6BF5.C4H11NO3/c7-1-2(8)4(10)6(12)5(11)3(1)9;5-4(1-6,2-7)3-8/h;6-8H,1-3,5H2. The van der Waals surface area contributed by atoms with E-state index < -0.39 is 59.9 Å². The lowest BCUT2D eigenvalue weighted by Crippen LogP contribution is -2.50. The quantitative estimate of drug-likeness (QED) is 0.245. The Balaban J connectivity index is 0.000000396. The Kier molecular flexibility index (Phi) is 7.07. The third-order valence-electron chi connectivity index (χ3n) is 2.19. The summed E-state index contributed by atoms with van der Waals surface area (Å²) >= 11 is 0. The number of rotatable bonds is 3. The van der Waals surface area contributed by atoms with Gasteiger partial charge in [-0.25, -0.2) is 22.0 Å². The Morgan fingerprint density at radius 3 is 1.20 bits per heavy atom.